The highest BCUT2D eigenvalue weighted by Crippen LogP contribution is 2.24. The zero-order chi connectivity index (χ0) is 13.2. The Labute approximate surface area is 120 Å². The van der Waals surface area contributed by atoms with Crippen molar-refractivity contribution in [1.29, 1.82) is 0 Å². The number of benzene rings is 1. The molecule has 3 rings (SSSR count). The van der Waals surface area contributed by atoms with E-state index in [1.54, 1.807) is 11.3 Å². The molecule has 0 atom stereocenters. The van der Waals surface area contributed by atoms with Gasteiger partial charge in [0, 0.05) is 30.3 Å². The first-order chi connectivity index (χ1) is 9.22. The van der Waals surface area contributed by atoms with E-state index in [0.717, 1.165) is 45.5 Å². The SMILES string of the molecule is Cc1nc2cc(NC(=O)N3CCSCC3)ccc2s1. The summed E-state index contributed by atoms with van der Waals surface area (Å²) in [7, 11) is 0. The highest BCUT2D eigenvalue weighted by molar-refractivity contribution is 7.99. The molecule has 1 N–H and O–H groups in total. The third-order valence-corrected chi connectivity index (χ3v) is 4.94. The molecule has 1 fully saturated rings. The number of nitrogens with one attached hydrogen (secondary N) is 1. The first-order valence-corrected chi connectivity index (χ1v) is 8.20. The quantitative estimate of drug-likeness (QED) is 0.878. The number of anilines is 1. The van der Waals surface area contributed by atoms with Crippen molar-refractivity contribution in [2.75, 3.05) is 29.9 Å². The number of urea groups is 1. The first-order valence-electron chi connectivity index (χ1n) is 6.23. The minimum absolute atomic E-state index is 0.00778. The Morgan fingerprint density at radius 3 is 2.95 bits per heavy atom. The second-order valence-electron chi connectivity index (χ2n) is 4.44. The topological polar surface area (TPSA) is 45.2 Å². The summed E-state index contributed by atoms with van der Waals surface area (Å²) in [6.45, 7) is 3.65. The summed E-state index contributed by atoms with van der Waals surface area (Å²) in [6.07, 6.45) is 0. The Kier molecular flexibility index (Phi) is 3.61. The third kappa shape index (κ3) is 2.84. The number of hydrogen-bond donors (Lipinski definition) is 1. The van der Waals surface area contributed by atoms with Gasteiger partial charge in [0.1, 0.15) is 0 Å². The van der Waals surface area contributed by atoms with E-state index in [0.29, 0.717) is 0 Å². The van der Waals surface area contributed by atoms with Crippen molar-refractivity contribution >= 4 is 45.0 Å². The van der Waals surface area contributed by atoms with Gasteiger partial charge in [-0.25, -0.2) is 9.78 Å². The zero-order valence-corrected chi connectivity index (χ0v) is 12.3. The Hall–Kier alpha value is -1.27. The molecule has 0 spiro atoms. The average molecular weight is 293 g/mol. The van der Waals surface area contributed by atoms with E-state index < -0.39 is 0 Å². The predicted octanol–water partition coefficient (Wildman–Crippen LogP) is 3.19. The molecule has 4 nitrogen and oxygen atoms in total. The molecule has 1 aliphatic heterocycles. The van der Waals surface area contributed by atoms with Crippen LogP contribution in [0.2, 0.25) is 0 Å². The molecule has 19 heavy (non-hydrogen) atoms. The van der Waals surface area contributed by atoms with Gasteiger partial charge in [-0.1, -0.05) is 0 Å². The van der Waals surface area contributed by atoms with Crippen LogP contribution in [-0.2, 0) is 0 Å². The van der Waals surface area contributed by atoms with E-state index in [1.807, 2.05) is 41.8 Å². The summed E-state index contributed by atoms with van der Waals surface area (Å²) in [4.78, 5) is 18.4. The van der Waals surface area contributed by atoms with Crippen molar-refractivity contribution in [1.82, 2.24) is 9.88 Å². The summed E-state index contributed by atoms with van der Waals surface area (Å²) < 4.78 is 1.16. The summed E-state index contributed by atoms with van der Waals surface area (Å²) in [5.41, 5.74) is 1.77. The van der Waals surface area contributed by atoms with Crippen LogP contribution in [0.4, 0.5) is 10.5 Å². The van der Waals surface area contributed by atoms with Crippen molar-refractivity contribution in [3.63, 3.8) is 0 Å². The van der Waals surface area contributed by atoms with E-state index in [1.165, 1.54) is 0 Å². The molecule has 0 saturated carbocycles. The van der Waals surface area contributed by atoms with Crippen LogP contribution in [0, 0.1) is 6.92 Å². The molecule has 2 aromatic rings. The first kappa shape index (κ1) is 12.7. The van der Waals surface area contributed by atoms with Gasteiger partial charge in [-0.3, -0.25) is 0 Å². The van der Waals surface area contributed by atoms with Gasteiger partial charge in [-0.05, 0) is 25.1 Å². The van der Waals surface area contributed by atoms with Crippen molar-refractivity contribution in [3.05, 3.63) is 23.2 Å². The largest absolute Gasteiger partial charge is 0.323 e. The molecule has 0 radical (unpaired) electrons. The Bertz CT molecular complexity index is 605. The standard InChI is InChI=1S/C13H15N3OS2/c1-9-14-11-8-10(2-3-12(11)19-9)15-13(17)16-4-6-18-7-5-16/h2-3,8H,4-7H2,1H3,(H,15,17). The maximum atomic E-state index is 12.1. The molecule has 1 aliphatic rings. The number of fused-ring (bicyclic) bond motifs is 1. The van der Waals surface area contributed by atoms with Gasteiger partial charge < -0.3 is 10.2 Å². The molecule has 2 heterocycles. The van der Waals surface area contributed by atoms with Gasteiger partial charge in [-0.2, -0.15) is 11.8 Å². The Balaban J connectivity index is 1.74. The van der Waals surface area contributed by atoms with E-state index >= 15 is 0 Å². The lowest BCUT2D eigenvalue weighted by atomic mass is 10.3. The van der Waals surface area contributed by atoms with Gasteiger partial charge in [0.15, 0.2) is 0 Å². The van der Waals surface area contributed by atoms with E-state index in [9.17, 15) is 4.79 Å². The number of thiazole rings is 1. The van der Waals surface area contributed by atoms with Crippen LogP contribution in [0.1, 0.15) is 5.01 Å². The van der Waals surface area contributed by atoms with E-state index in [-0.39, 0.29) is 6.03 Å². The van der Waals surface area contributed by atoms with Gasteiger partial charge >= 0.3 is 6.03 Å². The van der Waals surface area contributed by atoms with Crippen molar-refractivity contribution in [2.24, 2.45) is 0 Å². The minimum atomic E-state index is -0.00778. The monoisotopic (exact) mass is 293 g/mol. The molecule has 2 amide bonds. The maximum Gasteiger partial charge on any atom is 0.321 e. The number of amides is 2. The van der Waals surface area contributed by atoms with Crippen LogP contribution >= 0.6 is 23.1 Å². The van der Waals surface area contributed by atoms with Crippen LogP contribution in [0.5, 0.6) is 0 Å². The van der Waals surface area contributed by atoms with E-state index in [4.69, 9.17) is 0 Å². The van der Waals surface area contributed by atoms with Gasteiger partial charge in [0.2, 0.25) is 0 Å². The van der Waals surface area contributed by atoms with Crippen molar-refractivity contribution in [2.45, 2.75) is 6.92 Å². The number of thioether (sulfide) groups is 1. The highest BCUT2D eigenvalue weighted by atomic mass is 32.2. The fraction of sp³-hybridized carbons (Fsp3) is 0.385. The number of rotatable bonds is 1. The summed E-state index contributed by atoms with van der Waals surface area (Å²) in [5, 5.41) is 4.00. The van der Waals surface area contributed by atoms with E-state index in [2.05, 4.69) is 10.3 Å². The van der Waals surface area contributed by atoms with Crippen LogP contribution in [0.25, 0.3) is 10.2 Å². The fourth-order valence-electron chi connectivity index (χ4n) is 2.09. The normalized spacial score (nSPS) is 15.7. The number of aromatic nitrogens is 1. The molecule has 0 bridgehead atoms. The van der Waals surface area contributed by atoms with Crippen LogP contribution in [-0.4, -0.2) is 40.5 Å². The number of carbonyl (C=O) groups excluding carboxylic acids is 1. The number of nitrogens with zero attached hydrogens (tertiary/aromatic N) is 2. The lowest BCUT2D eigenvalue weighted by Gasteiger charge is -2.26. The van der Waals surface area contributed by atoms with Crippen LogP contribution in [0.15, 0.2) is 18.2 Å². The van der Waals surface area contributed by atoms with Crippen molar-refractivity contribution in [3.8, 4) is 0 Å². The van der Waals surface area contributed by atoms with Crippen LogP contribution < -0.4 is 5.32 Å². The molecule has 0 aliphatic carbocycles. The molecular formula is C13H15N3OS2. The number of aryl methyl sites for hydroxylation is 1. The second-order valence-corrected chi connectivity index (χ2v) is 6.90. The average Bonchev–Trinajstić information content (AvgIpc) is 2.79. The second kappa shape index (κ2) is 5.38. The minimum Gasteiger partial charge on any atom is -0.323 e. The van der Waals surface area contributed by atoms with Crippen molar-refractivity contribution < 1.29 is 4.79 Å². The Morgan fingerprint density at radius 1 is 1.37 bits per heavy atom. The van der Waals surface area contributed by atoms with Gasteiger partial charge in [-0.15, -0.1) is 11.3 Å². The summed E-state index contributed by atoms with van der Waals surface area (Å²) in [6, 6.07) is 5.89. The molecule has 100 valence electrons. The molecular weight excluding hydrogens is 278 g/mol. The molecule has 1 saturated heterocycles. The lowest BCUT2D eigenvalue weighted by molar-refractivity contribution is 0.217. The van der Waals surface area contributed by atoms with Gasteiger partial charge in [0.05, 0.1) is 15.2 Å². The zero-order valence-electron chi connectivity index (χ0n) is 10.7. The summed E-state index contributed by atoms with van der Waals surface area (Å²) in [5.74, 6) is 2.05. The number of carbonyl (C=O) groups is 1. The lowest BCUT2D eigenvalue weighted by Crippen LogP contribution is -2.40. The van der Waals surface area contributed by atoms with Crippen LogP contribution in [0.3, 0.4) is 0 Å². The van der Waals surface area contributed by atoms with Gasteiger partial charge in [0.25, 0.3) is 0 Å². The number of hydrogen-bond acceptors (Lipinski definition) is 4. The third-order valence-electron chi connectivity index (χ3n) is 3.04. The molecule has 6 heteroatoms. The molecule has 1 aromatic heterocycles. The summed E-state index contributed by atoms with van der Waals surface area (Å²) >= 11 is 3.57. The molecule has 0 unspecified atom stereocenters. The molecule has 1 aromatic carbocycles. The fourth-order valence-corrected chi connectivity index (χ4v) is 3.80. The highest BCUT2D eigenvalue weighted by Gasteiger charge is 2.16. The smallest absolute Gasteiger partial charge is 0.321 e. The Morgan fingerprint density at radius 2 is 2.16 bits per heavy atom. The predicted molar refractivity (Wildman–Crippen MR) is 82.3 cm³/mol. The maximum absolute atomic E-state index is 12.1.